The van der Waals surface area contributed by atoms with Gasteiger partial charge in [0.05, 0.1) is 13.4 Å². The summed E-state index contributed by atoms with van der Waals surface area (Å²) in [4.78, 5) is 26.4. The van der Waals surface area contributed by atoms with Crippen LogP contribution in [0.1, 0.15) is 42.4 Å². The van der Waals surface area contributed by atoms with Crippen molar-refractivity contribution in [2.45, 2.75) is 50.2 Å². The summed E-state index contributed by atoms with van der Waals surface area (Å²) in [6.45, 7) is 2.72. The molecule has 9 nitrogen and oxygen atoms in total. The summed E-state index contributed by atoms with van der Waals surface area (Å²) >= 11 is 0. The standard InChI is InChI=1S/C32H36F4N4O5S/c1-4-24-17-37-18-25(40(24)46(3,43)44)12-13-26-27(36)6-5-7-28(26)38-31(41)30(39-32(42)45-2)29(19-8-10-21(33)11-9-19)20-14-22(34)16-23(35)15-20/h5-11,14-16,24-25,29-30,37H,4,12-13,17-18H2,1-3H3,(H,38,41)(H,39,42)/t24-,25+,29+,30+/m1/s1. The van der Waals surface area contributed by atoms with Crippen molar-refractivity contribution in [3.8, 4) is 0 Å². The van der Waals surface area contributed by atoms with Crippen molar-refractivity contribution < 1.29 is 40.3 Å². The van der Waals surface area contributed by atoms with Crippen LogP contribution in [0.2, 0.25) is 0 Å². The van der Waals surface area contributed by atoms with E-state index in [1.165, 1.54) is 34.6 Å². The van der Waals surface area contributed by atoms with Gasteiger partial charge in [-0.05, 0) is 66.8 Å². The van der Waals surface area contributed by atoms with Crippen LogP contribution in [-0.2, 0) is 26.0 Å². The first-order chi connectivity index (χ1) is 21.8. The van der Waals surface area contributed by atoms with E-state index in [2.05, 4.69) is 16.0 Å². The largest absolute Gasteiger partial charge is 0.453 e. The van der Waals surface area contributed by atoms with E-state index in [-0.39, 0.29) is 41.3 Å². The Morgan fingerprint density at radius 3 is 2.22 bits per heavy atom. The van der Waals surface area contributed by atoms with E-state index in [0.29, 0.717) is 25.6 Å². The predicted octanol–water partition coefficient (Wildman–Crippen LogP) is 4.68. The second-order valence-electron chi connectivity index (χ2n) is 11.1. The number of nitrogens with one attached hydrogen (secondary N) is 3. The summed E-state index contributed by atoms with van der Waals surface area (Å²) in [6, 6.07) is 9.12. The summed E-state index contributed by atoms with van der Waals surface area (Å²) in [6.07, 6.45) is 0.948. The molecule has 0 radical (unpaired) electrons. The van der Waals surface area contributed by atoms with Gasteiger partial charge in [-0.1, -0.05) is 25.1 Å². The highest BCUT2D eigenvalue weighted by Gasteiger charge is 2.37. The summed E-state index contributed by atoms with van der Waals surface area (Å²) in [7, 11) is -2.51. The fourth-order valence-electron chi connectivity index (χ4n) is 5.93. The van der Waals surface area contributed by atoms with Crippen LogP contribution in [0, 0.1) is 23.3 Å². The molecule has 3 aromatic carbocycles. The molecule has 4 rings (SSSR count). The number of sulfonamides is 1. The number of nitrogens with zero attached hydrogens (tertiary/aromatic N) is 1. The van der Waals surface area contributed by atoms with Crippen LogP contribution in [0.25, 0.3) is 0 Å². The molecular formula is C32H36F4N4O5S. The fourth-order valence-corrected chi connectivity index (χ4v) is 7.42. The Kier molecular flexibility index (Phi) is 11.4. The zero-order chi connectivity index (χ0) is 33.6. The third-order valence-corrected chi connectivity index (χ3v) is 9.35. The first-order valence-electron chi connectivity index (χ1n) is 14.7. The third-order valence-electron chi connectivity index (χ3n) is 7.99. The van der Waals surface area contributed by atoms with Crippen LogP contribution in [-0.4, -0.2) is 69.3 Å². The maximum atomic E-state index is 15.3. The van der Waals surface area contributed by atoms with Crippen LogP contribution >= 0.6 is 0 Å². The predicted molar refractivity (Wildman–Crippen MR) is 165 cm³/mol. The summed E-state index contributed by atoms with van der Waals surface area (Å²) in [5.74, 6) is -5.29. The molecule has 0 aromatic heterocycles. The van der Waals surface area contributed by atoms with Crippen LogP contribution < -0.4 is 16.0 Å². The smallest absolute Gasteiger partial charge is 0.407 e. The van der Waals surface area contributed by atoms with Crippen molar-refractivity contribution in [2.24, 2.45) is 0 Å². The van der Waals surface area contributed by atoms with E-state index < -0.39 is 63.3 Å². The van der Waals surface area contributed by atoms with Crippen LogP contribution in [0.5, 0.6) is 0 Å². The Labute approximate surface area is 265 Å². The lowest BCUT2D eigenvalue weighted by Crippen LogP contribution is -2.58. The van der Waals surface area contributed by atoms with Crippen molar-refractivity contribution >= 4 is 27.7 Å². The van der Waals surface area contributed by atoms with Crippen LogP contribution in [0.4, 0.5) is 28.0 Å². The summed E-state index contributed by atoms with van der Waals surface area (Å²) in [5, 5.41) is 8.26. The molecule has 1 fully saturated rings. The molecule has 14 heteroatoms. The fraction of sp³-hybridized carbons (Fsp3) is 0.375. The van der Waals surface area contributed by atoms with Crippen LogP contribution in [0.15, 0.2) is 60.7 Å². The van der Waals surface area contributed by atoms with Crippen LogP contribution in [0.3, 0.4) is 0 Å². The molecule has 0 unspecified atom stereocenters. The lowest BCUT2D eigenvalue weighted by Gasteiger charge is -2.40. The molecule has 1 heterocycles. The molecule has 1 aliphatic heterocycles. The normalized spacial score (nSPS) is 18.4. The lowest BCUT2D eigenvalue weighted by molar-refractivity contribution is -0.118. The molecule has 3 aromatic rings. The topological polar surface area (TPSA) is 117 Å². The minimum Gasteiger partial charge on any atom is -0.453 e. The number of piperazine rings is 1. The van der Waals surface area contributed by atoms with E-state index in [0.717, 1.165) is 37.6 Å². The molecule has 1 saturated heterocycles. The van der Waals surface area contributed by atoms with Crippen molar-refractivity contribution in [1.29, 1.82) is 0 Å². The van der Waals surface area contributed by atoms with Gasteiger partial charge in [-0.2, -0.15) is 4.31 Å². The molecule has 2 amide bonds. The highest BCUT2D eigenvalue weighted by atomic mass is 32.2. The van der Waals surface area contributed by atoms with E-state index >= 15 is 4.39 Å². The minimum absolute atomic E-state index is 0.0443. The highest BCUT2D eigenvalue weighted by molar-refractivity contribution is 7.88. The van der Waals surface area contributed by atoms with Gasteiger partial charge in [0.2, 0.25) is 15.9 Å². The second kappa shape index (κ2) is 15.1. The maximum Gasteiger partial charge on any atom is 0.407 e. The number of hydrogen-bond donors (Lipinski definition) is 3. The lowest BCUT2D eigenvalue weighted by atomic mass is 9.84. The van der Waals surface area contributed by atoms with Gasteiger partial charge < -0.3 is 20.7 Å². The second-order valence-corrected chi connectivity index (χ2v) is 13.0. The van der Waals surface area contributed by atoms with E-state index in [1.807, 2.05) is 6.92 Å². The summed E-state index contributed by atoms with van der Waals surface area (Å²) in [5.41, 5.74) is 0.330. The monoisotopic (exact) mass is 664 g/mol. The molecule has 248 valence electrons. The number of ether oxygens (including phenoxy) is 1. The van der Waals surface area contributed by atoms with Gasteiger partial charge in [-0.3, -0.25) is 4.79 Å². The summed E-state index contributed by atoms with van der Waals surface area (Å²) < 4.78 is 89.4. The number of methoxy groups -OCH3 is 1. The number of carbonyl (C=O) groups excluding carboxylic acids is 2. The molecule has 0 spiro atoms. The number of amides is 2. The van der Waals surface area contributed by atoms with Gasteiger partial charge in [-0.15, -0.1) is 0 Å². The molecule has 0 bridgehead atoms. The van der Waals surface area contributed by atoms with Crippen molar-refractivity contribution in [3.63, 3.8) is 0 Å². The van der Waals surface area contributed by atoms with Gasteiger partial charge >= 0.3 is 6.09 Å². The van der Waals surface area contributed by atoms with Crippen molar-refractivity contribution in [2.75, 3.05) is 31.8 Å². The molecule has 1 aliphatic rings. The number of carbonyl (C=O) groups is 2. The van der Waals surface area contributed by atoms with E-state index in [9.17, 15) is 31.2 Å². The molecule has 3 N–H and O–H groups in total. The average molecular weight is 665 g/mol. The Morgan fingerprint density at radius 2 is 1.61 bits per heavy atom. The molecule has 46 heavy (non-hydrogen) atoms. The van der Waals surface area contributed by atoms with Gasteiger partial charge in [0.15, 0.2) is 0 Å². The molecular weight excluding hydrogens is 628 g/mol. The molecule has 0 saturated carbocycles. The quantitative estimate of drug-likeness (QED) is 0.257. The first kappa shape index (κ1) is 34.9. The zero-order valence-corrected chi connectivity index (χ0v) is 26.3. The van der Waals surface area contributed by atoms with E-state index in [4.69, 9.17) is 4.74 Å². The molecule has 4 atom stereocenters. The number of halogens is 4. The zero-order valence-electron chi connectivity index (χ0n) is 25.5. The third kappa shape index (κ3) is 8.42. The highest BCUT2D eigenvalue weighted by Crippen LogP contribution is 2.32. The minimum atomic E-state index is -3.58. The number of rotatable bonds is 11. The van der Waals surface area contributed by atoms with E-state index in [1.54, 1.807) is 0 Å². The Hall–Kier alpha value is -4.01. The van der Waals surface area contributed by atoms with Gasteiger partial charge in [0.25, 0.3) is 0 Å². The number of alkyl carbamates (subject to hydrolysis) is 1. The van der Waals surface area contributed by atoms with Crippen molar-refractivity contribution in [1.82, 2.24) is 14.9 Å². The number of benzene rings is 3. The number of hydrogen-bond acceptors (Lipinski definition) is 6. The van der Waals surface area contributed by atoms with Gasteiger partial charge in [-0.25, -0.2) is 30.8 Å². The van der Waals surface area contributed by atoms with Gasteiger partial charge in [0.1, 0.15) is 29.3 Å². The van der Waals surface area contributed by atoms with Crippen molar-refractivity contribution in [3.05, 3.63) is 101 Å². The number of anilines is 1. The van der Waals surface area contributed by atoms with Gasteiger partial charge in [0, 0.05) is 48.4 Å². The Morgan fingerprint density at radius 1 is 0.957 bits per heavy atom. The maximum absolute atomic E-state index is 15.3. The Balaban J connectivity index is 1.70. The first-order valence-corrected chi connectivity index (χ1v) is 16.5. The molecule has 0 aliphatic carbocycles. The Bertz CT molecular complexity index is 1640. The SMILES string of the molecule is CC[C@@H]1CNC[C@H](CCc2c(F)cccc2NC(=O)[C@@H](NC(=O)OC)[C@@H](c2ccc(F)cc2)c2cc(F)cc(F)c2)N1S(C)(=O)=O. The average Bonchev–Trinajstić information content (AvgIpc) is 3.00.